The Morgan fingerprint density at radius 1 is 1.45 bits per heavy atom. The Kier molecular flexibility index (Phi) is 4.15. The van der Waals surface area contributed by atoms with E-state index in [1.54, 1.807) is 12.1 Å². The van der Waals surface area contributed by atoms with Crippen LogP contribution in [-0.2, 0) is 16.4 Å². The molecular formula is C14H20N2O3S. The SMILES string of the molecule is CNCCC(=O)c1ccc2c(c1)CC(C)N2S(C)(=O)=O. The maximum absolute atomic E-state index is 12.0. The summed E-state index contributed by atoms with van der Waals surface area (Å²) in [6.45, 7) is 2.52. The van der Waals surface area contributed by atoms with Gasteiger partial charge in [0.15, 0.2) is 5.78 Å². The van der Waals surface area contributed by atoms with E-state index in [4.69, 9.17) is 0 Å². The summed E-state index contributed by atoms with van der Waals surface area (Å²) in [6.07, 6.45) is 2.31. The first-order valence-electron chi connectivity index (χ1n) is 6.64. The summed E-state index contributed by atoms with van der Waals surface area (Å²) >= 11 is 0. The van der Waals surface area contributed by atoms with E-state index in [2.05, 4.69) is 5.32 Å². The zero-order valence-corrected chi connectivity index (χ0v) is 12.8. The minimum absolute atomic E-state index is 0.0765. The highest BCUT2D eigenvalue weighted by Gasteiger charge is 2.32. The summed E-state index contributed by atoms with van der Waals surface area (Å²) in [6, 6.07) is 5.19. The van der Waals surface area contributed by atoms with Crippen LogP contribution < -0.4 is 9.62 Å². The normalized spacial score (nSPS) is 18.1. The second kappa shape index (κ2) is 5.54. The fraction of sp³-hybridized carbons (Fsp3) is 0.500. The van der Waals surface area contributed by atoms with Crippen molar-refractivity contribution < 1.29 is 13.2 Å². The van der Waals surface area contributed by atoms with E-state index in [1.807, 2.05) is 20.0 Å². The summed E-state index contributed by atoms with van der Waals surface area (Å²) < 4.78 is 25.1. The van der Waals surface area contributed by atoms with E-state index in [0.717, 1.165) is 5.56 Å². The number of sulfonamides is 1. The summed E-state index contributed by atoms with van der Waals surface area (Å²) in [4.78, 5) is 12.0. The van der Waals surface area contributed by atoms with Crippen LogP contribution >= 0.6 is 0 Å². The van der Waals surface area contributed by atoms with Crippen LogP contribution in [0.1, 0.15) is 29.3 Å². The number of nitrogens with one attached hydrogen (secondary N) is 1. The highest BCUT2D eigenvalue weighted by molar-refractivity contribution is 7.92. The lowest BCUT2D eigenvalue weighted by atomic mass is 10.0. The highest BCUT2D eigenvalue weighted by Crippen LogP contribution is 2.34. The Labute approximate surface area is 120 Å². The second-order valence-corrected chi connectivity index (χ2v) is 7.09. The van der Waals surface area contributed by atoms with E-state index in [1.165, 1.54) is 10.6 Å². The fourth-order valence-electron chi connectivity index (χ4n) is 2.66. The fourth-order valence-corrected chi connectivity index (χ4v) is 3.93. The number of ketones is 1. The van der Waals surface area contributed by atoms with Gasteiger partial charge in [-0.05, 0) is 44.2 Å². The first-order valence-corrected chi connectivity index (χ1v) is 8.49. The molecule has 2 rings (SSSR count). The van der Waals surface area contributed by atoms with Crippen molar-refractivity contribution in [2.24, 2.45) is 0 Å². The predicted molar refractivity (Wildman–Crippen MR) is 79.8 cm³/mol. The van der Waals surface area contributed by atoms with Gasteiger partial charge in [0.2, 0.25) is 10.0 Å². The lowest BCUT2D eigenvalue weighted by molar-refractivity contribution is 0.0983. The maximum Gasteiger partial charge on any atom is 0.232 e. The molecule has 1 unspecified atom stereocenters. The van der Waals surface area contributed by atoms with Crippen LogP contribution in [0, 0.1) is 0 Å². The van der Waals surface area contributed by atoms with Gasteiger partial charge >= 0.3 is 0 Å². The Bertz CT molecular complexity index is 625. The van der Waals surface area contributed by atoms with E-state index in [9.17, 15) is 13.2 Å². The molecule has 1 aromatic rings. The molecule has 0 spiro atoms. The van der Waals surface area contributed by atoms with E-state index in [-0.39, 0.29) is 11.8 Å². The summed E-state index contributed by atoms with van der Waals surface area (Å²) in [5.41, 5.74) is 2.28. The molecule has 1 heterocycles. The van der Waals surface area contributed by atoms with Crippen molar-refractivity contribution in [2.45, 2.75) is 25.8 Å². The summed E-state index contributed by atoms with van der Waals surface area (Å²) in [5.74, 6) is 0.0765. The summed E-state index contributed by atoms with van der Waals surface area (Å²) in [7, 11) is -1.47. The van der Waals surface area contributed by atoms with Gasteiger partial charge in [0, 0.05) is 24.6 Å². The molecule has 6 heteroatoms. The smallest absolute Gasteiger partial charge is 0.232 e. The molecule has 0 aliphatic carbocycles. The molecule has 1 aromatic carbocycles. The molecule has 0 amide bonds. The molecule has 0 radical (unpaired) electrons. The third-order valence-electron chi connectivity index (χ3n) is 3.51. The van der Waals surface area contributed by atoms with Crippen LogP contribution in [0.5, 0.6) is 0 Å². The molecule has 1 aliphatic rings. The Hall–Kier alpha value is -1.40. The zero-order chi connectivity index (χ0) is 14.9. The van der Waals surface area contributed by atoms with Gasteiger partial charge in [-0.3, -0.25) is 9.10 Å². The number of hydrogen-bond donors (Lipinski definition) is 1. The van der Waals surface area contributed by atoms with Crippen LogP contribution in [0.25, 0.3) is 0 Å². The van der Waals surface area contributed by atoms with Gasteiger partial charge in [-0.25, -0.2) is 8.42 Å². The average Bonchev–Trinajstić information content (AvgIpc) is 2.70. The van der Waals surface area contributed by atoms with Crippen LogP contribution in [-0.4, -0.2) is 40.1 Å². The molecule has 1 N–H and O–H groups in total. The molecule has 0 saturated carbocycles. The first kappa shape index (κ1) is 15.0. The average molecular weight is 296 g/mol. The Morgan fingerprint density at radius 3 is 2.75 bits per heavy atom. The van der Waals surface area contributed by atoms with Gasteiger partial charge < -0.3 is 5.32 Å². The maximum atomic E-state index is 12.0. The number of hydrogen-bond acceptors (Lipinski definition) is 4. The number of anilines is 1. The minimum Gasteiger partial charge on any atom is -0.319 e. The zero-order valence-electron chi connectivity index (χ0n) is 12.0. The van der Waals surface area contributed by atoms with Gasteiger partial charge in [0.1, 0.15) is 0 Å². The van der Waals surface area contributed by atoms with E-state index >= 15 is 0 Å². The first-order chi connectivity index (χ1) is 9.34. The molecule has 0 saturated heterocycles. The van der Waals surface area contributed by atoms with Crippen molar-refractivity contribution in [2.75, 3.05) is 24.2 Å². The van der Waals surface area contributed by atoms with Crippen LogP contribution in [0.4, 0.5) is 5.69 Å². The van der Waals surface area contributed by atoms with Crippen molar-refractivity contribution in [1.82, 2.24) is 5.32 Å². The van der Waals surface area contributed by atoms with Crippen molar-refractivity contribution in [1.29, 1.82) is 0 Å². The third kappa shape index (κ3) is 2.86. The van der Waals surface area contributed by atoms with E-state index in [0.29, 0.717) is 30.6 Å². The molecule has 110 valence electrons. The van der Waals surface area contributed by atoms with Gasteiger partial charge in [-0.1, -0.05) is 0 Å². The molecule has 0 aromatic heterocycles. The lowest BCUT2D eigenvalue weighted by Gasteiger charge is -2.21. The number of carbonyl (C=O) groups is 1. The minimum atomic E-state index is -3.27. The van der Waals surface area contributed by atoms with Crippen LogP contribution in [0.2, 0.25) is 0 Å². The quantitative estimate of drug-likeness (QED) is 0.829. The van der Waals surface area contributed by atoms with E-state index < -0.39 is 10.0 Å². The molecule has 5 nitrogen and oxygen atoms in total. The van der Waals surface area contributed by atoms with Crippen molar-refractivity contribution in [3.05, 3.63) is 29.3 Å². The van der Waals surface area contributed by atoms with Gasteiger partial charge in [0.05, 0.1) is 11.9 Å². The number of Topliss-reactive ketones (excluding diaryl/α,β-unsaturated/α-hetero) is 1. The number of nitrogens with zero attached hydrogens (tertiary/aromatic N) is 1. The highest BCUT2D eigenvalue weighted by atomic mass is 32.2. The summed E-state index contributed by atoms with van der Waals surface area (Å²) in [5, 5.41) is 2.95. The Balaban J connectivity index is 2.31. The van der Waals surface area contributed by atoms with Gasteiger partial charge in [-0.15, -0.1) is 0 Å². The Morgan fingerprint density at radius 2 is 2.15 bits per heavy atom. The topological polar surface area (TPSA) is 66.5 Å². The molecule has 20 heavy (non-hydrogen) atoms. The van der Waals surface area contributed by atoms with Crippen LogP contribution in [0.3, 0.4) is 0 Å². The monoisotopic (exact) mass is 296 g/mol. The standard InChI is InChI=1S/C14H20N2O3S/c1-10-8-12-9-11(14(17)6-7-15-2)4-5-13(12)16(10)20(3,18)19/h4-5,9-10,15H,6-8H2,1-3H3. The number of rotatable bonds is 5. The molecule has 0 fully saturated rings. The molecule has 0 bridgehead atoms. The number of benzene rings is 1. The predicted octanol–water partition coefficient (Wildman–Crippen LogP) is 1.19. The number of fused-ring (bicyclic) bond motifs is 1. The molecule has 1 aliphatic heterocycles. The van der Waals surface area contributed by atoms with Crippen LogP contribution in [0.15, 0.2) is 18.2 Å². The third-order valence-corrected chi connectivity index (χ3v) is 4.79. The molecule has 1 atom stereocenters. The van der Waals surface area contributed by atoms with Gasteiger partial charge in [0.25, 0.3) is 0 Å². The largest absolute Gasteiger partial charge is 0.319 e. The van der Waals surface area contributed by atoms with Crippen molar-refractivity contribution >= 4 is 21.5 Å². The lowest BCUT2D eigenvalue weighted by Crippen LogP contribution is -2.34. The number of carbonyl (C=O) groups excluding carboxylic acids is 1. The van der Waals surface area contributed by atoms with Crippen molar-refractivity contribution in [3.63, 3.8) is 0 Å². The van der Waals surface area contributed by atoms with Crippen molar-refractivity contribution in [3.8, 4) is 0 Å². The van der Waals surface area contributed by atoms with Gasteiger partial charge in [-0.2, -0.15) is 0 Å². The second-order valence-electron chi connectivity index (χ2n) is 5.23. The molecular weight excluding hydrogens is 276 g/mol.